The lowest BCUT2D eigenvalue weighted by molar-refractivity contribution is 0.0691. The average Bonchev–Trinajstić information content (AvgIpc) is 2.90. The Morgan fingerprint density at radius 3 is 2.76 bits per heavy atom. The zero-order chi connectivity index (χ0) is 15.2. The number of carbonyl (C=O) groups excluding carboxylic acids is 1. The fourth-order valence-corrected chi connectivity index (χ4v) is 2.28. The van der Waals surface area contributed by atoms with Gasteiger partial charge in [-0.15, -0.1) is 0 Å². The Hall–Kier alpha value is -2.09. The van der Waals surface area contributed by atoms with Gasteiger partial charge in [-0.05, 0) is 33.0 Å². The highest BCUT2D eigenvalue weighted by atomic mass is 16.4. The number of aromatic carboxylic acids is 1. The standard InChI is InChI=1S/C13H21N5O3/c1-17-5-2-10(3-6-17)16-13(21)14-4-7-18-8-11(12(19)20)15-9-18/h8-10H,2-7H2,1H3,(H,19,20)(H2,14,16,21). The van der Waals surface area contributed by atoms with Gasteiger partial charge in [0, 0.05) is 25.3 Å². The number of imidazole rings is 1. The first-order chi connectivity index (χ1) is 10.0. The van der Waals surface area contributed by atoms with Crippen molar-refractivity contribution in [3.63, 3.8) is 0 Å². The van der Waals surface area contributed by atoms with Gasteiger partial charge in [-0.2, -0.15) is 0 Å². The summed E-state index contributed by atoms with van der Waals surface area (Å²) < 4.78 is 1.64. The fraction of sp³-hybridized carbons (Fsp3) is 0.615. The summed E-state index contributed by atoms with van der Waals surface area (Å²) >= 11 is 0. The lowest BCUT2D eigenvalue weighted by Crippen LogP contribution is -2.47. The number of rotatable bonds is 5. The highest BCUT2D eigenvalue weighted by Crippen LogP contribution is 2.07. The molecule has 0 spiro atoms. The summed E-state index contributed by atoms with van der Waals surface area (Å²) in [6.45, 7) is 2.91. The first kappa shape index (κ1) is 15.3. The van der Waals surface area contributed by atoms with E-state index in [2.05, 4.69) is 27.6 Å². The molecule has 21 heavy (non-hydrogen) atoms. The van der Waals surface area contributed by atoms with Gasteiger partial charge in [-0.1, -0.05) is 0 Å². The molecule has 1 fully saturated rings. The number of carbonyl (C=O) groups is 2. The fourth-order valence-electron chi connectivity index (χ4n) is 2.28. The topological polar surface area (TPSA) is 99.5 Å². The average molecular weight is 295 g/mol. The SMILES string of the molecule is CN1CCC(NC(=O)NCCn2cnc(C(=O)O)c2)CC1. The minimum absolute atomic E-state index is 0.00535. The molecule has 3 N–H and O–H groups in total. The molecule has 2 heterocycles. The highest BCUT2D eigenvalue weighted by molar-refractivity contribution is 5.84. The van der Waals surface area contributed by atoms with Crippen molar-refractivity contribution in [2.75, 3.05) is 26.7 Å². The third-order valence-electron chi connectivity index (χ3n) is 3.56. The second kappa shape index (κ2) is 7.07. The van der Waals surface area contributed by atoms with Crippen LogP contribution >= 0.6 is 0 Å². The molecule has 0 aromatic carbocycles. The van der Waals surface area contributed by atoms with Crippen LogP contribution in [-0.4, -0.2) is 64.3 Å². The third-order valence-corrected chi connectivity index (χ3v) is 3.56. The van der Waals surface area contributed by atoms with Crippen LogP contribution in [-0.2, 0) is 6.54 Å². The zero-order valence-corrected chi connectivity index (χ0v) is 12.1. The Morgan fingerprint density at radius 1 is 1.43 bits per heavy atom. The van der Waals surface area contributed by atoms with Crippen LogP contribution in [0.5, 0.6) is 0 Å². The summed E-state index contributed by atoms with van der Waals surface area (Å²) in [5, 5.41) is 14.5. The van der Waals surface area contributed by atoms with Crippen LogP contribution in [0.2, 0.25) is 0 Å². The number of urea groups is 1. The number of hydrogen-bond acceptors (Lipinski definition) is 4. The van der Waals surface area contributed by atoms with E-state index in [1.165, 1.54) is 12.5 Å². The van der Waals surface area contributed by atoms with Crippen molar-refractivity contribution in [1.82, 2.24) is 25.1 Å². The monoisotopic (exact) mass is 295 g/mol. The Labute approximate surface area is 123 Å². The lowest BCUT2D eigenvalue weighted by atomic mass is 10.1. The first-order valence-corrected chi connectivity index (χ1v) is 7.02. The van der Waals surface area contributed by atoms with E-state index >= 15 is 0 Å². The quantitative estimate of drug-likeness (QED) is 0.708. The van der Waals surface area contributed by atoms with Crippen LogP contribution in [0.25, 0.3) is 0 Å². The Bertz CT molecular complexity index is 494. The van der Waals surface area contributed by atoms with Gasteiger partial charge in [0.2, 0.25) is 0 Å². The maximum Gasteiger partial charge on any atom is 0.356 e. The van der Waals surface area contributed by atoms with E-state index in [1.54, 1.807) is 4.57 Å². The Kier molecular flexibility index (Phi) is 5.15. The molecule has 1 saturated heterocycles. The van der Waals surface area contributed by atoms with Crippen molar-refractivity contribution in [1.29, 1.82) is 0 Å². The molecule has 2 amide bonds. The molecule has 0 saturated carbocycles. The Morgan fingerprint density at radius 2 is 2.14 bits per heavy atom. The molecule has 1 aliphatic heterocycles. The van der Waals surface area contributed by atoms with Crippen molar-refractivity contribution in [2.45, 2.75) is 25.4 Å². The summed E-state index contributed by atoms with van der Waals surface area (Å²) in [6.07, 6.45) is 4.82. The maximum atomic E-state index is 11.7. The predicted molar refractivity (Wildman–Crippen MR) is 76.2 cm³/mol. The number of aromatic nitrogens is 2. The van der Waals surface area contributed by atoms with Gasteiger partial charge >= 0.3 is 12.0 Å². The zero-order valence-electron chi connectivity index (χ0n) is 12.1. The van der Waals surface area contributed by atoms with Crippen LogP contribution in [0.1, 0.15) is 23.3 Å². The summed E-state index contributed by atoms with van der Waals surface area (Å²) in [5.41, 5.74) is 0.00535. The summed E-state index contributed by atoms with van der Waals surface area (Å²) in [6, 6.07) is 0.0520. The minimum atomic E-state index is -1.05. The summed E-state index contributed by atoms with van der Waals surface area (Å²) in [4.78, 5) is 28.4. The molecule has 1 aliphatic rings. The van der Waals surface area contributed by atoms with E-state index in [4.69, 9.17) is 5.11 Å². The smallest absolute Gasteiger partial charge is 0.356 e. The molecule has 2 rings (SSSR count). The summed E-state index contributed by atoms with van der Waals surface area (Å²) in [5.74, 6) is -1.05. The molecule has 8 heteroatoms. The van der Waals surface area contributed by atoms with E-state index in [0.29, 0.717) is 13.1 Å². The molecule has 0 radical (unpaired) electrons. The number of nitrogens with one attached hydrogen (secondary N) is 2. The molecule has 0 bridgehead atoms. The van der Waals surface area contributed by atoms with Crippen LogP contribution in [0, 0.1) is 0 Å². The second-order valence-electron chi connectivity index (χ2n) is 5.28. The van der Waals surface area contributed by atoms with Gasteiger partial charge < -0.3 is 25.2 Å². The van der Waals surface area contributed by atoms with Crippen molar-refractivity contribution >= 4 is 12.0 Å². The number of carboxylic acids is 1. The van der Waals surface area contributed by atoms with Crippen molar-refractivity contribution in [2.24, 2.45) is 0 Å². The molecule has 0 aliphatic carbocycles. The molecule has 8 nitrogen and oxygen atoms in total. The van der Waals surface area contributed by atoms with Gasteiger partial charge in [0.05, 0.1) is 6.33 Å². The lowest BCUT2D eigenvalue weighted by Gasteiger charge is -2.29. The Balaban J connectivity index is 1.65. The highest BCUT2D eigenvalue weighted by Gasteiger charge is 2.18. The van der Waals surface area contributed by atoms with E-state index < -0.39 is 5.97 Å². The minimum Gasteiger partial charge on any atom is -0.476 e. The van der Waals surface area contributed by atoms with Gasteiger partial charge in [-0.3, -0.25) is 0 Å². The number of piperidine rings is 1. The van der Waals surface area contributed by atoms with Gasteiger partial charge in [-0.25, -0.2) is 14.6 Å². The molecular weight excluding hydrogens is 274 g/mol. The van der Waals surface area contributed by atoms with Crippen molar-refractivity contribution in [3.8, 4) is 0 Å². The number of hydrogen-bond donors (Lipinski definition) is 3. The maximum absolute atomic E-state index is 11.7. The predicted octanol–water partition coefficient (Wildman–Crippen LogP) is -0.0253. The van der Waals surface area contributed by atoms with Crippen LogP contribution in [0.3, 0.4) is 0 Å². The molecule has 0 unspecified atom stereocenters. The number of nitrogens with zero attached hydrogens (tertiary/aromatic N) is 3. The molecular formula is C13H21N5O3. The van der Waals surface area contributed by atoms with E-state index in [1.807, 2.05) is 0 Å². The summed E-state index contributed by atoms with van der Waals surface area (Å²) in [7, 11) is 2.08. The first-order valence-electron chi connectivity index (χ1n) is 7.02. The second-order valence-corrected chi connectivity index (χ2v) is 5.28. The van der Waals surface area contributed by atoms with Gasteiger partial charge in [0.15, 0.2) is 5.69 Å². The van der Waals surface area contributed by atoms with E-state index in [9.17, 15) is 9.59 Å². The number of carboxylic acid groups (broad SMARTS) is 1. The number of amides is 2. The molecule has 1 aromatic rings. The molecule has 1 aromatic heterocycles. The van der Waals surface area contributed by atoms with Crippen LogP contribution < -0.4 is 10.6 Å². The van der Waals surface area contributed by atoms with Gasteiger partial charge in [0.1, 0.15) is 0 Å². The van der Waals surface area contributed by atoms with Gasteiger partial charge in [0.25, 0.3) is 0 Å². The van der Waals surface area contributed by atoms with Crippen molar-refractivity contribution < 1.29 is 14.7 Å². The van der Waals surface area contributed by atoms with E-state index in [0.717, 1.165) is 25.9 Å². The third kappa shape index (κ3) is 4.75. The number of likely N-dealkylation sites (tertiary alicyclic amines) is 1. The molecule has 116 valence electrons. The normalized spacial score (nSPS) is 16.6. The van der Waals surface area contributed by atoms with Crippen molar-refractivity contribution in [3.05, 3.63) is 18.2 Å². The molecule has 0 atom stereocenters. The van der Waals surface area contributed by atoms with E-state index in [-0.39, 0.29) is 17.8 Å². The largest absolute Gasteiger partial charge is 0.476 e. The van der Waals surface area contributed by atoms with Crippen LogP contribution in [0.4, 0.5) is 4.79 Å². The van der Waals surface area contributed by atoms with Crippen LogP contribution in [0.15, 0.2) is 12.5 Å².